The van der Waals surface area contributed by atoms with Crippen molar-refractivity contribution in [2.24, 2.45) is 5.73 Å². The third kappa shape index (κ3) is 1.80. The molecule has 0 unspecified atom stereocenters. The number of nitrogen functional groups attached to an aromatic ring is 1. The molecule has 0 spiro atoms. The molecule has 0 radical (unpaired) electrons. The van der Waals surface area contributed by atoms with Crippen LogP contribution in [0.2, 0.25) is 0 Å². The second-order valence-electron chi connectivity index (χ2n) is 2.72. The Bertz CT molecular complexity index is 331. The summed E-state index contributed by atoms with van der Waals surface area (Å²) < 4.78 is 24.9. The van der Waals surface area contributed by atoms with Crippen LogP contribution in [0.5, 0.6) is 0 Å². The van der Waals surface area contributed by atoms with Gasteiger partial charge in [-0.05, 0) is 5.56 Å². The Kier molecular flexibility index (Phi) is 3.32. The van der Waals surface area contributed by atoms with Crippen LogP contribution in [0.3, 0.4) is 0 Å². The molecule has 14 heavy (non-hydrogen) atoms. The van der Waals surface area contributed by atoms with Crippen LogP contribution in [-0.4, -0.2) is 10.1 Å². The summed E-state index contributed by atoms with van der Waals surface area (Å²) in [7, 11) is 0. The first-order valence-electron chi connectivity index (χ1n) is 3.97. The number of alkyl halides is 2. The van der Waals surface area contributed by atoms with E-state index in [1.54, 1.807) is 0 Å². The van der Waals surface area contributed by atoms with Crippen molar-refractivity contribution in [2.45, 2.75) is 19.6 Å². The number of hydrogen-bond acceptors (Lipinski definition) is 4. The third-order valence-electron chi connectivity index (χ3n) is 1.96. The molecule has 6 heteroatoms. The third-order valence-corrected chi connectivity index (χ3v) is 1.96. The fraction of sp³-hybridized carbons (Fsp3) is 0.375. The molecule has 0 aromatic carbocycles. The van der Waals surface area contributed by atoms with Crippen molar-refractivity contribution in [1.82, 2.24) is 4.98 Å². The van der Waals surface area contributed by atoms with Crippen molar-refractivity contribution < 1.29 is 13.9 Å². The quantitative estimate of drug-likeness (QED) is 0.669. The van der Waals surface area contributed by atoms with Gasteiger partial charge in [0.05, 0.1) is 6.61 Å². The zero-order valence-corrected chi connectivity index (χ0v) is 7.37. The van der Waals surface area contributed by atoms with E-state index >= 15 is 0 Å². The van der Waals surface area contributed by atoms with E-state index in [0.29, 0.717) is 0 Å². The molecule has 0 atom stereocenters. The molecule has 0 bridgehead atoms. The lowest BCUT2D eigenvalue weighted by atomic mass is 10.0. The van der Waals surface area contributed by atoms with Crippen LogP contribution in [0.1, 0.15) is 23.1 Å². The van der Waals surface area contributed by atoms with Gasteiger partial charge in [0.25, 0.3) is 6.43 Å². The lowest BCUT2D eigenvalue weighted by molar-refractivity contribution is 0.146. The number of anilines is 1. The van der Waals surface area contributed by atoms with E-state index < -0.39 is 13.0 Å². The topological polar surface area (TPSA) is 85.2 Å². The van der Waals surface area contributed by atoms with Crippen molar-refractivity contribution in [3.05, 3.63) is 22.9 Å². The van der Waals surface area contributed by atoms with Gasteiger partial charge in [0.1, 0.15) is 5.82 Å². The Hall–Kier alpha value is -1.27. The highest BCUT2D eigenvalue weighted by molar-refractivity contribution is 5.47. The van der Waals surface area contributed by atoms with Gasteiger partial charge in [0.2, 0.25) is 0 Å². The van der Waals surface area contributed by atoms with Gasteiger partial charge in [0, 0.05) is 23.9 Å². The molecule has 0 aliphatic heterocycles. The van der Waals surface area contributed by atoms with Crippen molar-refractivity contribution in [1.29, 1.82) is 0 Å². The van der Waals surface area contributed by atoms with E-state index in [0.717, 1.165) is 6.20 Å². The van der Waals surface area contributed by atoms with Crippen molar-refractivity contribution in [3.63, 3.8) is 0 Å². The first kappa shape index (κ1) is 10.8. The molecule has 0 saturated heterocycles. The predicted octanol–water partition coefficient (Wildman–Crippen LogP) is 0.552. The molecule has 1 aromatic heterocycles. The normalized spacial score (nSPS) is 10.9. The summed E-state index contributed by atoms with van der Waals surface area (Å²) in [5, 5.41) is 8.93. The van der Waals surface area contributed by atoms with Crippen LogP contribution < -0.4 is 11.5 Å². The molecule has 1 rings (SSSR count). The minimum atomic E-state index is -2.68. The molecular weight excluding hydrogens is 192 g/mol. The van der Waals surface area contributed by atoms with Crippen LogP contribution >= 0.6 is 0 Å². The SMILES string of the molecule is NCc1c(N)ncc(C(F)F)c1CO. The van der Waals surface area contributed by atoms with Gasteiger partial charge < -0.3 is 16.6 Å². The number of hydrogen-bond donors (Lipinski definition) is 3. The summed E-state index contributed by atoms with van der Waals surface area (Å²) in [6.07, 6.45) is -1.72. The molecule has 1 heterocycles. The Morgan fingerprint density at radius 3 is 2.50 bits per heavy atom. The number of nitrogens with two attached hydrogens (primary N) is 2. The van der Waals surface area contributed by atoms with Crippen molar-refractivity contribution >= 4 is 5.82 Å². The van der Waals surface area contributed by atoms with Gasteiger partial charge in [-0.15, -0.1) is 0 Å². The number of aliphatic hydroxyl groups excluding tert-OH is 1. The van der Waals surface area contributed by atoms with E-state index in [-0.39, 0.29) is 29.1 Å². The lowest BCUT2D eigenvalue weighted by Crippen LogP contribution is -2.10. The van der Waals surface area contributed by atoms with Crippen molar-refractivity contribution in [2.75, 3.05) is 5.73 Å². The number of halogens is 2. The van der Waals surface area contributed by atoms with E-state index in [1.165, 1.54) is 0 Å². The fourth-order valence-corrected chi connectivity index (χ4v) is 1.23. The zero-order chi connectivity index (χ0) is 10.7. The van der Waals surface area contributed by atoms with E-state index in [9.17, 15) is 8.78 Å². The molecule has 0 aliphatic carbocycles. The van der Waals surface area contributed by atoms with Gasteiger partial charge in [-0.2, -0.15) is 0 Å². The van der Waals surface area contributed by atoms with Gasteiger partial charge in [0.15, 0.2) is 0 Å². The second-order valence-corrected chi connectivity index (χ2v) is 2.72. The zero-order valence-electron chi connectivity index (χ0n) is 7.37. The smallest absolute Gasteiger partial charge is 0.265 e. The highest BCUT2D eigenvalue weighted by Gasteiger charge is 2.17. The van der Waals surface area contributed by atoms with Gasteiger partial charge in [-0.1, -0.05) is 0 Å². The molecule has 78 valence electrons. The van der Waals surface area contributed by atoms with Crippen molar-refractivity contribution in [3.8, 4) is 0 Å². The summed E-state index contributed by atoms with van der Waals surface area (Å²) in [5.74, 6) is 0.0842. The van der Waals surface area contributed by atoms with E-state index in [4.69, 9.17) is 16.6 Å². The van der Waals surface area contributed by atoms with Crippen LogP contribution in [0.25, 0.3) is 0 Å². The monoisotopic (exact) mass is 203 g/mol. The average molecular weight is 203 g/mol. The summed E-state index contributed by atoms with van der Waals surface area (Å²) in [5.41, 5.74) is 10.8. The minimum Gasteiger partial charge on any atom is -0.392 e. The number of pyridine rings is 1. The van der Waals surface area contributed by atoms with Gasteiger partial charge in [-0.25, -0.2) is 13.8 Å². The van der Waals surface area contributed by atoms with Crippen LogP contribution in [0.15, 0.2) is 6.20 Å². The Morgan fingerprint density at radius 1 is 1.43 bits per heavy atom. The summed E-state index contributed by atoms with van der Waals surface area (Å²) in [4.78, 5) is 3.59. The number of aromatic nitrogens is 1. The molecule has 0 amide bonds. The molecular formula is C8H11F2N3O. The molecule has 0 saturated carbocycles. The maximum atomic E-state index is 12.4. The Morgan fingerprint density at radius 2 is 2.07 bits per heavy atom. The summed E-state index contributed by atoms with van der Waals surface area (Å²) in [6, 6.07) is 0. The molecule has 0 aliphatic rings. The minimum absolute atomic E-state index is 0.0186. The maximum Gasteiger partial charge on any atom is 0.265 e. The number of rotatable bonds is 3. The molecule has 5 N–H and O–H groups in total. The molecule has 1 aromatic rings. The van der Waals surface area contributed by atoms with Gasteiger partial charge >= 0.3 is 0 Å². The standard InChI is InChI=1S/C8H11F2N3O/c9-7(10)5-2-13-8(12)4(1-11)6(5)3-14/h2,7,14H,1,3,11H2,(H2,12,13). The largest absolute Gasteiger partial charge is 0.392 e. The Labute approximate surface area is 79.6 Å². The predicted molar refractivity (Wildman–Crippen MR) is 47.4 cm³/mol. The molecule has 0 fully saturated rings. The first-order chi connectivity index (χ1) is 6.61. The Balaban J connectivity index is 3.33. The first-order valence-corrected chi connectivity index (χ1v) is 3.97. The average Bonchev–Trinajstić information content (AvgIpc) is 2.16. The van der Waals surface area contributed by atoms with Crippen LogP contribution in [0, 0.1) is 0 Å². The summed E-state index contributed by atoms with van der Waals surface area (Å²) >= 11 is 0. The second kappa shape index (κ2) is 4.30. The number of aliphatic hydroxyl groups is 1. The highest BCUT2D eigenvalue weighted by Crippen LogP contribution is 2.26. The fourth-order valence-electron chi connectivity index (χ4n) is 1.23. The molecule has 4 nitrogen and oxygen atoms in total. The van der Waals surface area contributed by atoms with Crippen LogP contribution in [0.4, 0.5) is 14.6 Å². The summed E-state index contributed by atoms with van der Waals surface area (Å²) in [6.45, 7) is -0.534. The van der Waals surface area contributed by atoms with E-state index in [2.05, 4.69) is 4.98 Å². The maximum absolute atomic E-state index is 12.4. The number of nitrogens with zero attached hydrogens (tertiary/aromatic N) is 1. The highest BCUT2D eigenvalue weighted by atomic mass is 19.3. The van der Waals surface area contributed by atoms with Gasteiger partial charge in [-0.3, -0.25) is 0 Å². The van der Waals surface area contributed by atoms with Crippen LogP contribution in [-0.2, 0) is 13.2 Å². The lowest BCUT2D eigenvalue weighted by Gasteiger charge is -2.12. The van der Waals surface area contributed by atoms with E-state index in [1.807, 2.05) is 0 Å².